The molecule has 3 heterocycles. The quantitative estimate of drug-likeness (QED) is 0.214. The topological polar surface area (TPSA) is 34.3 Å². The first-order valence-electron chi connectivity index (χ1n) is 17.1. The first kappa shape index (κ1) is 32.1. The molecule has 3 aliphatic heterocycles. The Balaban J connectivity index is 1.19. The molecule has 0 N–H and O–H groups in total. The zero-order valence-electron chi connectivity index (χ0n) is 27.9. The van der Waals surface area contributed by atoms with Crippen molar-refractivity contribution in [3.05, 3.63) is 18.2 Å². The smallest absolute Gasteiger partial charge is 0.0844 e. The Kier molecular flexibility index (Phi) is 9.74. The van der Waals surface area contributed by atoms with Crippen molar-refractivity contribution in [3.63, 3.8) is 0 Å². The summed E-state index contributed by atoms with van der Waals surface area (Å²) in [5, 5.41) is 0. The molecule has 6 rings (SSSR count). The summed E-state index contributed by atoms with van der Waals surface area (Å²) < 4.78 is 17.6. The average molecular weight is 639 g/mol. The van der Waals surface area contributed by atoms with Crippen molar-refractivity contribution in [2.24, 2.45) is 17.8 Å². The lowest BCUT2D eigenvalue weighted by Gasteiger charge is -2.41. The van der Waals surface area contributed by atoms with Crippen LogP contribution in [0.15, 0.2) is 32.9 Å². The molecule has 1 aromatic carbocycles. The third-order valence-electron chi connectivity index (χ3n) is 11.7. The standard InChI is InChI=1S/C36H62O3S3/c1-26-20-29(12-16-37-26)15-19-42(6,7)32-24-30(40(2,3)17-13-27-8-10-33-35(21-27)38-33)23-31(25-32)41(4,5)18-14-28-9-11-34-36(22-28)39-34/h23-29,33-36H,8-22H2,1-7H3. The van der Waals surface area contributed by atoms with E-state index >= 15 is 0 Å². The predicted octanol–water partition coefficient (Wildman–Crippen LogP) is 9.08. The predicted molar refractivity (Wildman–Crippen MR) is 188 cm³/mol. The second-order valence-corrected chi connectivity index (χ2v) is 28.0. The Morgan fingerprint density at radius 1 is 0.548 bits per heavy atom. The molecule has 3 saturated heterocycles. The lowest BCUT2D eigenvalue weighted by Crippen LogP contribution is -2.24. The van der Waals surface area contributed by atoms with E-state index in [2.05, 4.69) is 62.7 Å². The molecule has 0 amide bonds. The highest BCUT2D eigenvalue weighted by atomic mass is 32.3. The molecule has 0 aromatic heterocycles. The van der Waals surface area contributed by atoms with Gasteiger partial charge in [-0.05, 0) is 183 Å². The summed E-state index contributed by atoms with van der Waals surface area (Å²) in [6, 6.07) is 8.14. The van der Waals surface area contributed by atoms with Gasteiger partial charge in [0, 0.05) is 6.61 Å². The number of ether oxygens (including phenoxy) is 3. The monoisotopic (exact) mass is 638 g/mol. The van der Waals surface area contributed by atoms with E-state index in [4.69, 9.17) is 14.2 Å². The van der Waals surface area contributed by atoms with Gasteiger partial charge in [0.2, 0.25) is 0 Å². The number of hydrogen-bond donors (Lipinski definition) is 0. The molecule has 8 atom stereocenters. The van der Waals surface area contributed by atoms with Gasteiger partial charge in [0.1, 0.15) is 0 Å². The maximum Gasteiger partial charge on any atom is 0.0844 e. The van der Waals surface area contributed by atoms with Crippen LogP contribution in [0.4, 0.5) is 0 Å². The Hall–Kier alpha value is 0.150. The number of epoxide rings is 2. The lowest BCUT2D eigenvalue weighted by atomic mass is 9.88. The molecule has 1 aromatic rings. The summed E-state index contributed by atoms with van der Waals surface area (Å²) >= 11 is 0. The summed E-state index contributed by atoms with van der Waals surface area (Å²) in [6.45, 7) is 3.22. The molecule has 5 aliphatic rings. The Morgan fingerprint density at radius 3 is 1.33 bits per heavy atom. The van der Waals surface area contributed by atoms with Gasteiger partial charge in [-0.25, -0.2) is 30.1 Å². The van der Waals surface area contributed by atoms with Gasteiger partial charge in [0.05, 0.1) is 30.5 Å². The second kappa shape index (κ2) is 12.7. The lowest BCUT2D eigenvalue weighted by molar-refractivity contribution is 0.00216. The van der Waals surface area contributed by atoms with Crippen LogP contribution in [0.1, 0.15) is 77.6 Å². The fourth-order valence-corrected chi connectivity index (χ4v) is 14.5. The first-order valence-corrected chi connectivity index (χ1v) is 24.9. The molecule has 2 aliphatic carbocycles. The Bertz CT molecular complexity index is 967. The average Bonchev–Trinajstić information content (AvgIpc) is 3.88. The van der Waals surface area contributed by atoms with Crippen molar-refractivity contribution in [3.8, 4) is 0 Å². The zero-order chi connectivity index (χ0) is 29.7. The highest BCUT2D eigenvalue weighted by Gasteiger charge is 2.44. The number of rotatable bonds is 12. The fraction of sp³-hybridized carbons (Fsp3) is 0.833. The SMILES string of the molecule is CC1CC(CCS(C)(C)c2cc(S(C)(C)CCC3CCC4OC4C3)cc(S(C)(C)CCC3CCC4OC4C3)c2)CCO1. The van der Waals surface area contributed by atoms with E-state index in [0.29, 0.717) is 30.5 Å². The summed E-state index contributed by atoms with van der Waals surface area (Å²) in [5.41, 5.74) is 0. The van der Waals surface area contributed by atoms with Gasteiger partial charge in [-0.15, -0.1) is 0 Å². The molecule has 8 unspecified atom stereocenters. The van der Waals surface area contributed by atoms with Gasteiger partial charge in [0.25, 0.3) is 0 Å². The minimum atomic E-state index is -0.864. The zero-order valence-corrected chi connectivity index (χ0v) is 30.4. The van der Waals surface area contributed by atoms with Crippen LogP contribution in [-0.2, 0) is 14.2 Å². The van der Waals surface area contributed by atoms with Crippen molar-refractivity contribution in [1.29, 1.82) is 0 Å². The number of benzene rings is 1. The van der Waals surface area contributed by atoms with E-state index in [1.807, 2.05) is 0 Å². The summed E-state index contributed by atoms with van der Waals surface area (Å²) in [5.74, 6) is 6.68. The van der Waals surface area contributed by atoms with Crippen molar-refractivity contribution in [2.75, 3.05) is 61.4 Å². The highest BCUT2D eigenvalue weighted by Crippen LogP contribution is 2.61. The molecule has 42 heavy (non-hydrogen) atoms. The highest BCUT2D eigenvalue weighted by molar-refractivity contribution is 8.34. The third-order valence-corrected chi connectivity index (χ3v) is 20.0. The van der Waals surface area contributed by atoms with Crippen LogP contribution in [0.25, 0.3) is 0 Å². The van der Waals surface area contributed by atoms with Crippen LogP contribution >= 0.6 is 30.1 Å². The van der Waals surface area contributed by atoms with Crippen LogP contribution in [0.2, 0.25) is 0 Å². The van der Waals surface area contributed by atoms with E-state index in [0.717, 1.165) is 24.4 Å². The van der Waals surface area contributed by atoms with E-state index in [9.17, 15) is 0 Å². The molecule has 242 valence electrons. The van der Waals surface area contributed by atoms with Gasteiger partial charge >= 0.3 is 0 Å². The van der Waals surface area contributed by atoms with Gasteiger partial charge < -0.3 is 14.2 Å². The Morgan fingerprint density at radius 2 is 0.952 bits per heavy atom. The summed E-state index contributed by atoms with van der Waals surface area (Å²) in [4.78, 5) is 5.08. The number of fused-ring (bicyclic) bond motifs is 2. The van der Waals surface area contributed by atoms with Crippen LogP contribution < -0.4 is 0 Å². The third kappa shape index (κ3) is 7.92. The normalized spacial score (nSPS) is 36.1. The maximum atomic E-state index is 5.88. The Labute approximate surface area is 263 Å². The van der Waals surface area contributed by atoms with Gasteiger partial charge in [-0.2, -0.15) is 0 Å². The van der Waals surface area contributed by atoms with Crippen LogP contribution in [0.3, 0.4) is 0 Å². The first-order chi connectivity index (χ1) is 19.9. The molecule has 3 nitrogen and oxygen atoms in total. The minimum Gasteiger partial charge on any atom is -0.378 e. The molecule has 5 fully saturated rings. The van der Waals surface area contributed by atoms with Gasteiger partial charge in [0.15, 0.2) is 0 Å². The largest absolute Gasteiger partial charge is 0.378 e. The van der Waals surface area contributed by atoms with Crippen LogP contribution in [0, 0.1) is 17.8 Å². The van der Waals surface area contributed by atoms with Gasteiger partial charge in [-0.1, -0.05) is 0 Å². The summed E-state index contributed by atoms with van der Waals surface area (Å²) in [6.07, 6.45) is 33.2. The second-order valence-electron chi connectivity index (χ2n) is 16.1. The van der Waals surface area contributed by atoms with Gasteiger partial charge in [-0.3, -0.25) is 0 Å². The molecular formula is C36H62O3S3. The fourth-order valence-electron chi connectivity index (χ4n) is 8.09. The van der Waals surface area contributed by atoms with Crippen LogP contribution in [-0.4, -0.2) is 91.9 Å². The molecule has 2 saturated carbocycles. The minimum absolute atomic E-state index is 0.439. The summed E-state index contributed by atoms with van der Waals surface area (Å²) in [7, 11) is -2.58. The van der Waals surface area contributed by atoms with Crippen molar-refractivity contribution >= 4 is 30.1 Å². The van der Waals surface area contributed by atoms with Crippen molar-refractivity contribution in [1.82, 2.24) is 0 Å². The van der Waals surface area contributed by atoms with Crippen LogP contribution in [0.5, 0.6) is 0 Å². The van der Waals surface area contributed by atoms with E-state index in [1.54, 1.807) is 14.7 Å². The van der Waals surface area contributed by atoms with Crippen molar-refractivity contribution in [2.45, 2.75) is 123 Å². The molecule has 0 bridgehead atoms. The number of hydrogen-bond acceptors (Lipinski definition) is 3. The van der Waals surface area contributed by atoms with Crippen molar-refractivity contribution < 1.29 is 14.2 Å². The molecule has 0 radical (unpaired) electrons. The van der Waals surface area contributed by atoms with E-state index in [-0.39, 0.29) is 0 Å². The molecular weight excluding hydrogens is 577 g/mol. The molecule has 6 heteroatoms. The van der Waals surface area contributed by atoms with E-state index < -0.39 is 30.1 Å². The molecule has 0 spiro atoms. The maximum absolute atomic E-state index is 5.88. The van der Waals surface area contributed by atoms with E-state index in [1.165, 1.54) is 87.9 Å².